The number of rotatable bonds is 5. The van der Waals surface area contributed by atoms with Gasteiger partial charge in [-0.25, -0.2) is 0 Å². The van der Waals surface area contributed by atoms with E-state index in [2.05, 4.69) is 22.6 Å². The predicted octanol–water partition coefficient (Wildman–Crippen LogP) is 0.834. The molecule has 1 amide bonds. The molecule has 2 fully saturated rings. The number of likely N-dealkylation sites (tertiary alicyclic amines) is 1. The minimum absolute atomic E-state index is 0.258. The summed E-state index contributed by atoms with van der Waals surface area (Å²) in [7, 11) is 2.18. The highest BCUT2D eigenvalue weighted by Gasteiger charge is 2.20. The molecule has 0 aromatic heterocycles. The first-order valence-electron chi connectivity index (χ1n) is 7.40. The molecule has 0 radical (unpaired) electrons. The van der Waals surface area contributed by atoms with Gasteiger partial charge in [0.05, 0.1) is 0 Å². The third-order valence-electron chi connectivity index (χ3n) is 4.30. The van der Waals surface area contributed by atoms with Gasteiger partial charge in [0.1, 0.15) is 0 Å². The van der Waals surface area contributed by atoms with Crippen LogP contribution in [0, 0.1) is 11.8 Å². The van der Waals surface area contributed by atoms with Crippen molar-refractivity contribution >= 4 is 5.91 Å². The molecule has 104 valence electrons. The van der Waals surface area contributed by atoms with Crippen molar-refractivity contribution in [2.75, 3.05) is 39.8 Å². The van der Waals surface area contributed by atoms with Gasteiger partial charge in [-0.2, -0.15) is 0 Å². The van der Waals surface area contributed by atoms with Gasteiger partial charge in [0.15, 0.2) is 0 Å². The number of carbonyl (C=O) groups is 1. The summed E-state index contributed by atoms with van der Waals surface area (Å²) in [5.74, 6) is 1.64. The third-order valence-corrected chi connectivity index (χ3v) is 4.30. The molecule has 2 heterocycles. The van der Waals surface area contributed by atoms with Crippen LogP contribution in [0.1, 0.15) is 32.1 Å². The Morgan fingerprint density at radius 3 is 2.72 bits per heavy atom. The second kappa shape index (κ2) is 7.10. The Labute approximate surface area is 110 Å². The topological polar surface area (TPSA) is 44.4 Å². The molecule has 0 bridgehead atoms. The molecule has 0 aliphatic carbocycles. The quantitative estimate of drug-likeness (QED) is 0.763. The van der Waals surface area contributed by atoms with Crippen LogP contribution in [-0.2, 0) is 4.79 Å². The van der Waals surface area contributed by atoms with E-state index in [1.165, 1.54) is 19.5 Å². The van der Waals surface area contributed by atoms with Crippen molar-refractivity contribution in [1.29, 1.82) is 0 Å². The van der Waals surface area contributed by atoms with Gasteiger partial charge in [-0.3, -0.25) is 4.79 Å². The fraction of sp³-hybridized carbons (Fsp3) is 0.929. The van der Waals surface area contributed by atoms with Gasteiger partial charge in [-0.05, 0) is 64.2 Å². The van der Waals surface area contributed by atoms with E-state index >= 15 is 0 Å². The maximum Gasteiger partial charge on any atom is 0.220 e. The maximum absolute atomic E-state index is 11.8. The van der Waals surface area contributed by atoms with Gasteiger partial charge in [0.2, 0.25) is 5.91 Å². The van der Waals surface area contributed by atoms with Crippen molar-refractivity contribution in [2.24, 2.45) is 11.8 Å². The average molecular weight is 253 g/mol. The zero-order valence-corrected chi connectivity index (χ0v) is 11.6. The molecule has 1 atom stereocenters. The van der Waals surface area contributed by atoms with Crippen LogP contribution in [0.3, 0.4) is 0 Å². The maximum atomic E-state index is 11.8. The van der Waals surface area contributed by atoms with E-state index in [0.717, 1.165) is 51.2 Å². The summed E-state index contributed by atoms with van der Waals surface area (Å²) in [6, 6.07) is 0. The Balaban J connectivity index is 1.54. The van der Waals surface area contributed by atoms with Crippen LogP contribution in [0.2, 0.25) is 0 Å². The van der Waals surface area contributed by atoms with Crippen LogP contribution in [0.4, 0.5) is 0 Å². The van der Waals surface area contributed by atoms with Crippen LogP contribution < -0.4 is 10.6 Å². The second-order valence-corrected chi connectivity index (χ2v) is 5.95. The van der Waals surface area contributed by atoms with Gasteiger partial charge in [-0.15, -0.1) is 0 Å². The van der Waals surface area contributed by atoms with Crippen molar-refractivity contribution < 1.29 is 4.79 Å². The zero-order valence-electron chi connectivity index (χ0n) is 11.6. The van der Waals surface area contributed by atoms with Crippen molar-refractivity contribution in [3.05, 3.63) is 0 Å². The molecule has 1 unspecified atom stereocenters. The van der Waals surface area contributed by atoms with Gasteiger partial charge in [-0.1, -0.05) is 0 Å². The van der Waals surface area contributed by atoms with Gasteiger partial charge < -0.3 is 15.5 Å². The summed E-state index contributed by atoms with van der Waals surface area (Å²) < 4.78 is 0. The summed E-state index contributed by atoms with van der Waals surface area (Å²) in [4.78, 5) is 14.2. The van der Waals surface area contributed by atoms with E-state index in [0.29, 0.717) is 5.92 Å². The number of hydrogen-bond acceptors (Lipinski definition) is 3. The molecule has 2 aliphatic rings. The molecule has 0 spiro atoms. The lowest BCUT2D eigenvalue weighted by molar-refractivity contribution is -0.122. The number of carbonyl (C=O) groups excluding carboxylic acids is 1. The van der Waals surface area contributed by atoms with E-state index in [1.807, 2.05) is 0 Å². The molecule has 18 heavy (non-hydrogen) atoms. The Kier molecular flexibility index (Phi) is 5.45. The van der Waals surface area contributed by atoms with E-state index in [-0.39, 0.29) is 5.91 Å². The summed E-state index contributed by atoms with van der Waals surface area (Å²) in [6.07, 6.45) is 5.47. The fourth-order valence-corrected chi connectivity index (χ4v) is 3.10. The molecule has 4 heteroatoms. The Morgan fingerprint density at radius 2 is 2.06 bits per heavy atom. The van der Waals surface area contributed by atoms with Gasteiger partial charge >= 0.3 is 0 Å². The highest BCUT2D eigenvalue weighted by Crippen LogP contribution is 2.18. The van der Waals surface area contributed by atoms with Gasteiger partial charge in [0.25, 0.3) is 0 Å². The van der Waals surface area contributed by atoms with Crippen molar-refractivity contribution in [2.45, 2.75) is 32.1 Å². The number of amides is 1. The first-order chi connectivity index (χ1) is 8.74. The van der Waals surface area contributed by atoms with Crippen LogP contribution >= 0.6 is 0 Å². The Morgan fingerprint density at radius 1 is 1.28 bits per heavy atom. The lowest BCUT2D eigenvalue weighted by atomic mass is 9.94. The normalized spacial score (nSPS) is 26.4. The Hall–Kier alpha value is -0.610. The average Bonchev–Trinajstić information content (AvgIpc) is 2.76. The largest absolute Gasteiger partial charge is 0.356 e. The van der Waals surface area contributed by atoms with E-state index in [4.69, 9.17) is 0 Å². The molecule has 4 nitrogen and oxygen atoms in total. The predicted molar refractivity (Wildman–Crippen MR) is 73.4 cm³/mol. The molecule has 0 aromatic rings. The highest BCUT2D eigenvalue weighted by molar-refractivity contribution is 5.76. The summed E-state index contributed by atoms with van der Waals surface area (Å²) in [5, 5.41) is 6.43. The molecule has 2 N–H and O–H groups in total. The van der Waals surface area contributed by atoms with Gasteiger partial charge in [0, 0.05) is 19.5 Å². The minimum atomic E-state index is 0.258. The first kappa shape index (κ1) is 13.8. The van der Waals surface area contributed by atoms with Crippen LogP contribution in [-0.4, -0.2) is 50.6 Å². The van der Waals surface area contributed by atoms with Crippen molar-refractivity contribution in [1.82, 2.24) is 15.5 Å². The van der Waals surface area contributed by atoms with Crippen LogP contribution in [0.25, 0.3) is 0 Å². The molecule has 2 rings (SSSR count). The molecular weight excluding hydrogens is 226 g/mol. The van der Waals surface area contributed by atoms with E-state index in [9.17, 15) is 4.79 Å². The first-order valence-corrected chi connectivity index (χ1v) is 7.40. The number of nitrogens with zero attached hydrogens (tertiary/aromatic N) is 1. The Bertz CT molecular complexity index is 264. The monoisotopic (exact) mass is 253 g/mol. The lowest BCUT2D eigenvalue weighted by Gasteiger charge is -2.22. The summed E-state index contributed by atoms with van der Waals surface area (Å²) in [6.45, 7) is 5.43. The second-order valence-electron chi connectivity index (χ2n) is 5.95. The summed E-state index contributed by atoms with van der Waals surface area (Å²) >= 11 is 0. The smallest absolute Gasteiger partial charge is 0.220 e. The molecule has 2 saturated heterocycles. The number of nitrogens with one attached hydrogen (secondary N) is 2. The lowest BCUT2D eigenvalue weighted by Crippen LogP contribution is -2.33. The molecule has 0 saturated carbocycles. The number of piperidine rings is 1. The number of hydrogen-bond donors (Lipinski definition) is 2. The highest BCUT2D eigenvalue weighted by atomic mass is 16.1. The molecular formula is C14H27N3O. The standard InChI is InChI=1S/C14H27N3O/c1-17-9-5-13(11-17)4-8-16-14(18)10-12-2-6-15-7-3-12/h12-13,15H,2-11H2,1H3,(H,16,18). The third kappa shape index (κ3) is 4.58. The minimum Gasteiger partial charge on any atom is -0.356 e. The van der Waals surface area contributed by atoms with Crippen molar-refractivity contribution in [3.63, 3.8) is 0 Å². The van der Waals surface area contributed by atoms with Crippen LogP contribution in [0.15, 0.2) is 0 Å². The van der Waals surface area contributed by atoms with Crippen LogP contribution in [0.5, 0.6) is 0 Å². The SMILES string of the molecule is CN1CCC(CCNC(=O)CC2CCNCC2)C1. The summed E-state index contributed by atoms with van der Waals surface area (Å²) in [5.41, 5.74) is 0. The molecule has 2 aliphatic heterocycles. The van der Waals surface area contributed by atoms with Crippen molar-refractivity contribution in [3.8, 4) is 0 Å². The van der Waals surface area contributed by atoms with E-state index < -0.39 is 0 Å². The van der Waals surface area contributed by atoms with E-state index in [1.54, 1.807) is 0 Å². The molecule has 0 aromatic carbocycles. The zero-order chi connectivity index (χ0) is 12.8. The fourth-order valence-electron chi connectivity index (χ4n) is 3.10.